The molecule has 4 rings (SSSR count). The van der Waals surface area contributed by atoms with Gasteiger partial charge in [-0.15, -0.1) is 0 Å². The third-order valence-corrected chi connectivity index (χ3v) is 4.80. The fraction of sp³-hybridized carbons (Fsp3) is 0.500. The molecule has 6 atom stereocenters. The number of hydrogen-bond acceptors (Lipinski definition) is 7. The Morgan fingerprint density at radius 3 is 2.74 bits per heavy atom. The molecule has 3 aliphatic rings. The minimum atomic E-state index is -1.84. The highest BCUT2D eigenvalue weighted by Crippen LogP contribution is 2.38. The minimum absolute atomic E-state index is 0.000450. The number of benzene rings is 1. The number of carbonyl (C=O) groups is 1. The van der Waals surface area contributed by atoms with Gasteiger partial charge in [0, 0.05) is 0 Å². The van der Waals surface area contributed by atoms with E-state index in [1.54, 1.807) is 0 Å². The quantitative estimate of drug-likeness (QED) is 0.612. The molecule has 0 bridgehead atoms. The standard InChI is InChI=1S/C14H15NO7S/c16-14-15-9-10(20-14)12(13-11(9)21-23(17)22-13)19-7-18-6-8-4-2-1-3-5-8/h1-5,9-13H,6-7H2,(H,15,16)/t9-,10+,11-,12-,13-,23?/m0/s1. The van der Waals surface area contributed by atoms with Gasteiger partial charge in [-0.1, -0.05) is 30.3 Å². The van der Waals surface area contributed by atoms with Gasteiger partial charge in [0.15, 0.2) is 6.10 Å². The molecule has 2 heterocycles. The van der Waals surface area contributed by atoms with E-state index in [2.05, 4.69) is 5.32 Å². The monoisotopic (exact) mass is 341 g/mol. The van der Waals surface area contributed by atoms with Gasteiger partial charge in [-0.3, -0.25) is 8.37 Å². The maximum atomic E-state index is 11.4. The third-order valence-electron chi connectivity index (χ3n) is 4.04. The fourth-order valence-corrected chi connectivity index (χ4v) is 3.90. The highest BCUT2D eigenvalue weighted by molar-refractivity contribution is 7.75. The maximum absolute atomic E-state index is 11.4. The Kier molecular flexibility index (Phi) is 4.04. The molecule has 2 aliphatic heterocycles. The van der Waals surface area contributed by atoms with Gasteiger partial charge in [-0.2, -0.15) is 4.21 Å². The van der Waals surface area contributed by atoms with Crippen LogP contribution in [0.1, 0.15) is 5.56 Å². The molecule has 1 amide bonds. The Morgan fingerprint density at radius 1 is 1.13 bits per heavy atom. The molecule has 0 radical (unpaired) electrons. The normalized spacial score (nSPS) is 38.0. The van der Waals surface area contributed by atoms with Crippen LogP contribution in [-0.2, 0) is 40.5 Å². The van der Waals surface area contributed by atoms with Crippen molar-refractivity contribution in [3.63, 3.8) is 0 Å². The van der Waals surface area contributed by atoms with Crippen molar-refractivity contribution >= 4 is 17.5 Å². The summed E-state index contributed by atoms with van der Waals surface area (Å²) in [5.74, 6) is 0. The molecule has 23 heavy (non-hydrogen) atoms. The van der Waals surface area contributed by atoms with Gasteiger partial charge >= 0.3 is 17.5 Å². The maximum Gasteiger partial charge on any atom is 0.408 e. The van der Waals surface area contributed by atoms with Crippen molar-refractivity contribution in [3.05, 3.63) is 35.9 Å². The zero-order valence-corrected chi connectivity index (χ0v) is 12.8. The number of amides is 1. The second kappa shape index (κ2) is 6.17. The number of ether oxygens (including phenoxy) is 3. The number of alkyl carbamates (subject to hydrolysis) is 1. The first-order chi connectivity index (χ1) is 11.2. The minimum Gasteiger partial charge on any atom is -0.441 e. The van der Waals surface area contributed by atoms with Crippen LogP contribution in [-0.4, -0.2) is 47.6 Å². The van der Waals surface area contributed by atoms with Gasteiger partial charge in [0.2, 0.25) is 0 Å². The van der Waals surface area contributed by atoms with Crippen molar-refractivity contribution in [1.82, 2.24) is 5.32 Å². The summed E-state index contributed by atoms with van der Waals surface area (Å²) in [6, 6.07) is 9.24. The van der Waals surface area contributed by atoms with Gasteiger partial charge in [0.1, 0.15) is 31.1 Å². The average Bonchev–Trinajstić information content (AvgIpc) is 3.16. The Hall–Kier alpha value is -1.52. The van der Waals surface area contributed by atoms with Crippen molar-refractivity contribution in [2.24, 2.45) is 0 Å². The summed E-state index contributed by atoms with van der Waals surface area (Å²) in [5.41, 5.74) is 1.02. The second-order valence-corrected chi connectivity index (χ2v) is 6.24. The van der Waals surface area contributed by atoms with Gasteiger partial charge < -0.3 is 19.5 Å². The van der Waals surface area contributed by atoms with E-state index >= 15 is 0 Å². The third kappa shape index (κ3) is 2.86. The Labute approximate surface area is 134 Å². The molecule has 3 fully saturated rings. The second-order valence-electron chi connectivity index (χ2n) is 5.45. The number of fused-ring (bicyclic) bond motifs is 3. The Balaban J connectivity index is 1.35. The van der Waals surface area contributed by atoms with Gasteiger partial charge in [0.05, 0.1) is 6.61 Å². The highest BCUT2D eigenvalue weighted by atomic mass is 32.2. The first-order valence-corrected chi connectivity index (χ1v) is 8.19. The van der Waals surface area contributed by atoms with Crippen molar-refractivity contribution < 1.29 is 31.6 Å². The summed E-state index contributed by atoms with van der Waals surface area (Å²) in [5, 5.41) is 2.63. The van der Waals surface area contributed by atoms with Crippen molar-refractivity contribution in [1.29, 1.82) is 0 Å². The van der Waals surface area contributed by atoms with Crippen LogP contribution < -0.4 is 5.32 Å². The molecule has 1 unspecified atom stereocenters. The smallest absolute Gasteiger partial charge is 0.408 e. The highest BCUT2D eigenvalue weighted by Gasteiger charge is 2.63. The van der Waals surface area contributed by atoms with Crippen molar-refractivity contribution in [3.8, 4) is 0 Å². The largest absolute Gasteiger partial charge is 0.441 e. The van der Waals surface area contributed by atoms with Crippen LogP contribution in [0.25, 0.3) is 0 Å². The molecule has 2 saturated heterocycles. The van der Waals surface area contributed by atoms with Crippen LogP contribution in [0.15, 0.2) is 30.3 Å². The molecule has 0 aromatic heterocycles. The SMILES string of the molecule is O=C1N[C@H]2[C@@H](O1)[C@H](OCOCc1ccccc1)[C@H]1OS(=O)O[C@@H]21. The molecule has 1 aromatic rings. The fourth-order valence-electron chi connectivity index (χ4n) is 3.05. The van der Waals surface area contributed by atoms with E-state index in [-0.39, 0.29) is 6.79 Å². The summed E-state index contributed by atoms with van der Waals surface area (Å²) in [6.07, 6.45) is -2.79. The zero-order chi connectivity index (χ0) is 15.8. The molecule has 0 spiro atoms. The summed E-state index contributed by atoms with van der Waals surface area (Å²) < 4.78 is 38.2. The van der Waals surface area contributed by atoms with Crippen LogP contribution in [0.3, 0.4) is 0 Å². The molecule has 1 aromatic carbocycles. The lowest BCUT2D eigenvalue weighted by Gasteiger charge is -2.20. The molecule has 1 saturated carbocycles. The number of rotatable bonds is 5. The lowest BCUT2D eigenvalue weighted by Crippen LogP contribution is -2.39. The van der Waals surface area contributed by atoms with E-state index in [4.69, 9.17) is 22.6 Å². The molecule has 9 heteroatoms. The van der Waals surface area contributed by atoms with Crippen molar-refractivity contribution in [2.45, 2.75) is 37.1 Å². The lowest BCUT2D eigenvalue weighted by atomic mass is 10.2. The number of hydrogen-bond donors (Lipinski definition) is 1. The summed E-state index contributed by atoms with van der Waals surface area (Å²) in [4.78, 5) is 11.4. The molecule has 8 nitrogen and oxygen atoms in total. The van der Waals surface area contributed by atoms with Crippen LogP contribution >= 0.6 is 0 Å². The molecular weight excluding hydrogens is 326 g/mol. The molecule has 1 aliphatic carbocycles. The van der Waals surface area contributed by atoms with E-state index in [0.29, 0.717) is 6.61 Å². The molecular formula is C14H15NO7S. The van der Waals surface area contributed by atoms with E-state index in [9.17, 15) is 9.00 Å². The summed E-state index contributed by atoms with van der Waals surface area (Å²) >= 11 is -1.84. The topological polar surface area (TPSA) is 92.3 Å². The van der Waals surface area contributed by atoms with E-state index < -0.39 is 47.9 Å². The summed E-state index contributed by atoms with van der Waals surface area (Å²) in [7, 11) is 0. The first kappa shape index (κ1) is 15.0. The van der Waals surface area contributed by atoms with Crippen LogP contribution in [0.2, 0.25) is 0 Å². The lowest BCUT2D eigenvalue weighted by molar-refractivity contribution is -0.137. The van der Waals surface area contributed by atoms with Crippen LogP contribution in [0.5, 0.6) is 0 Å². The molecule has 124 valence electrons. The van der Waals surface area contributed by atoms with E-state index in [1.165, 1.54) is 0 Å². The van der Waals surface area contributed by atoms with Crippen molar-refractivity contribution in [2.75, 3.05) is 6.79 Å². The number of nitrogens with one attached hydrogen (secondary N) is 1. The molecule has 1 N–H and O–H groups in total. The Morgan fingerprint density at radius 2 is 1.91 bits per heavy atom. The first-order valence-electron chi connectivity index (χ1n) is 7.19. The van der Waals surface area contributed by atoms with Crippen LogP contribution in [0, 0.1) is 0 Å². The van der Waals surface area contributed by atoms with E-state index in [0.717, 1.165) is 5.56 Å². The predicted molar refractivity (Wildman–Crippen MR) is 76.1 cm³/mol. The zero-order valence-electron chi connectivity index (χ0n) is 12.0. The average molecular weight is 341 g/mol. The summed E-state index contributed by atoms with van der Waals surface area (Å²) in [6.45, 7) is 0.399. The van der Waals surface area contributed by atoms with Gasteiger partial charge in [-0.25, -0.2) is 4.79 Å². The van der Waals surface area contributed by atoms with Gasteiger partial charge in [0.25, 0.3) is 0 Å². The van der Waals surface area contributed by atoms with Gasteiger partial charge in [-0.05, 0) is 5.56 Å². The van der Waals surface area contributed by atoms with Crippen LogP contribution in [0.4, 0.5) is 4.79 Å². The predicted octanol–water partition coefficient (Wildman–Crippen LogP) is 0.399. The number of carbonyl (C=O) groups excluding carboxylic acids is 1. The Bertz CT molecular complexity index is 582. The van der Waals surface area contributed by atoms with E-state index in [1.807, 2.05) is 30.3 Å².